The van der Waals surface area contributed by atoms with Gasteiger partial charge in [-0.3, -0.25) is 4.79 Å². The van der Waals surface area contributed by atoms with Crippen molar-refractivity contribution in [2.24, 2.45) is 5.73 Å². The molecule has 26 heavy (non-hydrogen) atoms. The molecule has 0 bridgehead atoms. The number of nitrogens with zero attached hydrogens (tertiary/aromatic N) is 1. The first kappa shape index (κ1) is 19.2. The number of carbonyl (C=O) groups excluding carboxylic acids is 1. The third-order valence-electron chi connectivity index (χ3n) is 4.30. The van der Waals surface area contributed by atoms with Gasteiger partial charge in [-0.1, -0.05) is 12.7 Å². The Labute approximate surface area is 179 Å². The molecular formula is C19H16I2N2O3. The number of Topliss-reactive ketones (excluding diaryl/α,β-unsaturated/α-hetero) is 1. The Morgan fingerprint density at radius 2 is 2.08 bits per heavy atom. The van der Waals surface area contributed by atoms with Crippen LogP contribution >= 0.6 is 45.2 Å². The highest BCUT2D eigenvalue weighted by Gasteiger charge is 2.38. The van der Waals surface area contributed by atoms with E-state index in [1.54, 1.807) is 6.08 Å². The topological polar surface area (TPSA) is 85.3 Å². The summed E-state index contributed by atoms with van der Waals surface area (Å²) >= 11 is 4.40. The number of ether oxygens (including phenoxy) is 2. The molecule has 1 heterocycles. The first-order valence-corrected chi connectivity index (χ1v) is 10.2. The fourth-order valence-corrected chi connectivity index (χ4v) is 5.34. The number of allylic oxidation sites excluding steroid dienone is 3. The molecule has 1 aromatic rings. The SMILES string of the molecule is C=CCOc1c(I)cc([C@H]2C(C#N)=C(N)OC3=C2C(=O)CCC3)cc1I. The van der Waals surface area contributed by atoms with Crippen molar-refractivity contribution in [1.29, 1.82) is 5.26 Å². The first-order valence-electron chi connectivity index (χ1n) is 8.04. The maximum Gasteiger partial charge on any atom is 0.205 e. The fourth-order valence-electron chi connectivity index (χ4n) is 3.22. The predicted molar refractivity (Wildman–Crippen MR) is 114 cm³/mol. The lowest BCUT2D eigenvalue weighted by atomic mass is 9.77. The molecule has 0 spiro atoms. The van der Waals surface area contributed by atoms with Crippen molar-refractivity contribution in [3.05, 3.63) is 60.3 Å². The van der Waals surface area contributed by atoms with Gasteiger partial charge >= 0.3 is 0 Å². The van der Waals surface area contributed by atoms with Crippen molar-refractivity contribution >= 4 is 51.0 Å². The Bertz CT molecular complexity index is 874. The lowest BCUT2D eigenvalue weighted by molar-refractivity contribution is -0.116. The smallest absolute Gasteiger partial charge is 0.205 e. The van der Waals surface area contributed by atoms with Gasteiger partial charge in [-0.2, -0.15) is 5.26 Å². The number of benzene rings is 1. The van der Waals surface area contributed by atoms with Crippen molar-refractivity contribution in [2.45, 2.75) is 25.2 Å². The zero-order chi connectivity index (χ0) is 18.8. The van der Waals surface area contributed by atoms with Gasteiger partial charge in [-0.25, -0.2) is 0 Å². The molecule has 0 saturated heterocycles. The van der Waals surface area contributed by atoms with Crippen LogP contribution in [0.5, 0.6) is 5.75 Å². The third-order valence-corrected chi connectivity index (χ3v) is 5.91. The molecular weight excluding hydrogens is 558 g/mol. The van der Waals surface area contributed by atoms with Crippen LogP contribution in [0.1, 0.15) is 30.7 Å². The van der Waals surface area contributed by atoms with E-state index in [-0.39, 0.29) is 17.2 Å². The number of hydrogen-bond acceptors (Lipinski definition) is 5. The second-order valence-corrected chi connectivity index (χ2v) is 8.28. The van der Waals surface area contributed by atoms with Gasteiger partial charge in [0.15, 0.2) is 5.78 Å². The lowest BCUT2D eigenvalue weighted by Crippen LogP contribution is -2.27. The zero-order valence-corrected chi connectivity index (χ0v) is 18.2. The van der Waals surface area contributed by atoms with Gasteiger partial charge < -0.3 is 15.2 Å². The van der Waals surface area contributed by atoms with Crippen LogP contribution < -0.4 is 10.5 Å². The van der Waals surface area contributed by atoms with E-state index in [1.807, 2.05) is 12.1 Å². The minimum atomic E-state index is -0.493. The molecule has 134 valence electrons. The van der Waals surface area contributed by atoms with Crippen LogP contribution in [-0.4, -0.2) is 12.4 Å². The number of rotatable bonds is 4. The molecule has 1 aliphatic heterocycles. The molecule has 5 nitrogen and oxygen atoms in total. The highest BCUT2D eigenvalue weighted by molar-refractivity contribution is 14.1. The summed E-state index contributed by atoms with van der Waals surface area (Å²) in [5.74, 6) is 0.977. The van der Waals surface area contributed by atoms with Crippen LogP contribution in [0, 0.1) is 18.5 Å². The number of ketones is 1. The van der Waals surface area contributed by atoms with Gasteiger partial charge in [-0.05, 0) is 69.3 Å². The van der Waals surface area contributed by atoms with E-state index >= 15 is 0 Å². The lowest BCUT2D eigenvalue weighted by Gasteiger charge is -2.31. The average molecular weight is 574 g/mol. The number of hydrogen-bond donors (Lipinski definition) is 1. The summed E-state index contributed by atoms with van der Waals surface area (Å²) in [6.45, 7) is 4.07. The molecule has 7 heteroatoms. The first-order chi connectivity index (χ1) is 12.5. The second kappa shape index (κ2) is 8.00. The summed E-state index contributed by atoms with van der Waals surface area (Å²) in [5, 5.41) is 9.64. The highest BCUT2D eigenvalue weighted by Crippen LogP contribution is 2.45. The molecule has 0 radical (unpaired) electrons. The molecule has 0 saturated carbocycles. The summed E-state index contributed by atoms with van der Waals surface area (Å²) in [4.78, 5) is 12.6. The van der Waals surface area contributed by atoms with Gasteiger partial charge in [0.05, 0.1) is 13.1 Å². The number of nitrogens with two attached hydrogens (primary N) is 1. The van der Waals surface area contributed by atoms with Crippen molar-refractivity contribution in [1.82, 2.24) is 0 Å². The second-order valence-electron chi connectivity index (χ2n) is 5.95. The van der Waals surface area contributed by atoms with E-state index in [0.717, 1.165) is 24.9 Å². The Morgan fingerprint density at radius 1 is 1.38 bits per heavy atom. The Kier molecular flexibility index (Phi) is 5.92. The van der Waals surface area contributed by atoms with Crippen LogP contribution in [0.25, 0.3) is 0 Å². The predicted octanol–water partition coefficient (Wildman–Crippen LogP) is 4.28. The van der Waals surface area contributed by atoms with E-state index in [0.29, 0.717) is 30.8 Å². The Balaban J connectivity index is 2.14. The van der Waals surface area contributed by atoms with Crippen molar-refractivity contribution < 1.29 is 14.3 Å². The van der Waals surface area contributed by atoms with Crippen molar-refractivity contribution in [2.75, 3.05) is 6.61 Å². The summed E-state index contributed by atoms with van der Waals surface area (Å²) in [5.41, 5.74) is 7.68. The molecule has 1 aliphatic carbocycles. The van der Waals surface area contributed by atoms with E-state index < -0.39 is 5.92 Å². The minimum Gasteiger partial charge on any atom is -0.487 e. The molecule has 0 fully saturated rings. The summed E-state index contributed by atoms with van der Waals surface area (Å²) < 4.78 is 13.1. The Morgan fingerprint density at radius 3 is 2.69 bits per heavy atom. The third kappa shape index (κ3) is 3.49. The molecule has 2 N–H and O–H groups in total. The van der Waals surface area contributed by atoms with Gasteiger partial charge in [0.25, 0.3) is 0 Å². The van der Waals surface area contributed by atoms with Gasteiger partial charge in [-0.15, -0.1) is 0 Å². The minimum absolute atomic E-state index is 0.0218. The van der Waals surface area contributed by atoms with Crippen LogP contribution in [0.15, 0.2) is 47.6 Å². The molecule has 0 amide bonds. The molecule has 3 rings (SSSR count). The van der Waals surface area contributed by atoms with Crippen molar-refractivity contribution in [3.8, 4) is 11.8 Å². The van der Waals surface area contributed by atoms with E-state index in [4.69, 9.17) is 15.2 Å². The molecule has 2 aliphatic rings. The monoisotopic (exact) mass is 574 g/mol. The Hall–Kier alpha value is -1.54. The number of nitriles is 1. The standard InChI is InChI=1S/C19H16I2N2O3/c1-2-6-25-18-12(20)7-10(8-13(18)21)16-11(9-22)19(23)26-15-5-3-4-14(24)17(15)16/h2,7-8,16H,1,3-6,23H2/t16-/m0/s1. The summed E-state index contributed by atoms with van der Waals surface area (Å²) in [6.07, 6.45) is 3.55. The van der Waals surface area contributed by atoms with Crippen LogP contribution in [-0.2, 0) is 9.53 Å². The highest BCUT2D eigenvalue weighted by atomic mass is 127. The van der Waals surface area contributed by atoms with E-state index in [1.165, 1.54) is 0 Å². The van der Waals surface area contributed by atoms with Gasteiger partial charge in [0.2, 0.25) is 5.88 Å². The van der Waals surface area contributed by atoms with Gasteiger partial charge in [0.1, 0.15) is 29.8 Å². The van der Waals surface area contributed by atoms with E-state index in [9.17, 15) is 10.1 Å². The molecule has 1 atom stereocenters. The molecule has 0 unspecified atom stereocenters. The van der Waals surface area contributed by atoms with Crippen molar-refractivity contribution in [3.63, 3.8) is 0 Å². The van der Waals surface area contributed by atoms with Crippen LogP contribution in [0.2, 0.25) is 0 Å². The van der Waals surface area contributed by atoms with Crippen LogP contribution in [0.4, 0.5) is 0 Å². The molecule has 0 aromatic heterocycles. The molecule has 1 aromatic carbocycles. The summed E-state index contributed by atoms with van der Waals surface area (Å²) in [6, 6.07) is 6.01. The zero-order valence-electron chi connectivity index (χ0n) is 13.9. The largest absolute Gasteiger partial charge is 0.487 e. The quantitative estimate of drug-likeness (QED) is 0.429. The number of carbonyl (C=O) groups is 1. The maximum absolute atomic E-state index is 12.6. The maximum atomic E-state index is 12.6. The fraction of sp³-hybridized carbons (Fsp3) is 0.263. The average Bonchev–Trinajstić information content (AvgIpc) is 2.60. The normalized spacial score (nSPS) is 19.6. The number of halogens is 2. The van der Waals surface area contributed by atoms with Gasteiger partial charge in [0, 0.05) is 18.4 Å². The van der Waals surface area contributed by atoms with E-state index in [2.05, 4.69) is 57.8 Å². The summed E-state index contributed by atoms with van der Waals surface area (Å²) in [7, 11) is 0. The van der Waals surface area contributed by atoms with Crippen LogP contribution in [0.3, 0.4) is 0 Å².